The van der Waals surface area contributed by atoms with Crippen molar-refractivity contribution in [2.24, 2.45) is 0 Å². The van der Waals surface area contributed by atoms with Crippen LogP contribution in [-0.4, -0.2) is 0 Å². The maximum absolute atomic E-state index is 3.87. The molecule has 0 unspecified atom stereocenters. The Balaban J connectivity index is 1.12. The van der Waals surface area contributed by atoms with Crippen molar-refractivity contribution >= 4 is 33.0 Å². The number of anilines is 3. The minimum atomic E-state index is -0.111. The van der Waals surface area contributed by atoms with Crippen LogP contribution in [0.4, 0.5) is 17.1 Å². The van der Waals surface area contributed by atoms with Crippen LogP contribution < -0.4 is 4.90 Å². The van der Waals surface area contributed by atoms with Crippen LogP contribution in [0.1, 0.15) is 25.0 Å². The van der Waals surface area contributed by atoms with Crippen LogP contribution in [0.25, 0.3) is 66.8 Å². The zero-order chi connectivity index (χ0) is 39.9. The summed E-state index contributed by atoms with van der Waals surface area (Å²) in [6.07, 6.45) is 0. The monoisotopic (exact) mass is 819 g/mol. The fourth-order valence-corrected chi connectivity index (χ4v) is 9.56. The number of nitrogens with zero attached hydrogens (tertiary/aromatic N) is 1. The number of rotatable bonds is 8. The van der Waals surface area contributed by atoms with E-state index in [1.807, 2.05) is 0 Å². The first-order chi connectivity index (χ1) is 29.0. The Morgan fingerprint density at radius 1 is 0.322 bits per heavy atom. The smallest absolute Gasteiger partial charge is 0.0465 e. The lowest BCUT2D eigenvalue weighted by atomic mass is 9.82. The topological polar surface area (TPSA) is 3.24 Å². The van der Waals surface area contributed by atoms with Crippen LogP contribution in [0.15, 0.2) is 223 Å². The van der Waals surface area contributed by atoms with Crippen molar-refractivity contribution in [2.45, 2.75) is 19.3 Å². The molecular weight excluding hydrogens is 779 g/mol. The lowest BCUT2D eigenvalue weighted by molar-refractivity contribution is 0.660. The summed E-state index contributed by atoms with van der Waals surface area (Å²) in [4.78, 5) is 2.40. The van der Waals surface area contributed by atoms with Crippen LogP contribution in [0.2, 0.25) is 0 Å². The van der Waals surface area contributed by atoms with Gasteiger partial charge in [-0.25, -0.2) is 0 Å². The number of benzene rings is 9. The number of hydrogen-bond acceptors (Lipinski definition) is 1. The molecule has 282 valence electrons. The predicted molar refractivity (Wildman–Crippen MR) is 254 cm³/mol. The number of fused-ring (bicyclic) bond motifs is 3. The second-order valence-electron chi connectivity index (χ2n) is 15.8. The van der Waals surface area contributed by atoms with Gasteiger partial charge in [-0.05, 0) is 120 Å². The van der Waals surface area contributed by atoms with E-state index in [2.05, 4.69) is 253 Å². The highest BCUT2D eigenvalue weighted by Crippen LogP contribution is 2.51. The Morgan fingerprint density at radius 2 is 0.763 bits per heavy atom. The van der Waals surface area contributed by atoms with Gasteiger partial charge in [0.25, 0.3) is 0 Å². The fourth-order valence-electron chi connectivity index (χ4n) is 9.06. The summed E-state index contributed by atoms with van der Waals surface area (Å²) >= 11 is 3.87. The molecule has 0 heterocycles. The molecule has 1 aliphatic rings. The van der Waals surface area contributed by atoms with Gasteiger partial charge in [0.05, 0.1) is 0 Å². The molecule has 0 atom stereocenters. The molecule has 0 spiro atoms. The van der Waals surface area contributed by atoms with Crippen molar-refractivity contribution in [3.8, 4) is 66.8 Å². The highest BCUT2D eigenvalue weighted by atomic mass is 79.9. The molecule has 0 saturated carbocycles. The molecule has 0 aromatic heterocycles. The minimum absolute atomic E-state index is 0.111. The van der Waals surface area contributed by atoms with E-state index >= 15 is 0 Å². The molecule has 9 aromatic carbocycles. The molecular formula is C57H42BrN. The number of hydrogen-bond donors (Lipinski definition) is 0. The summed E-state index contributed by atoms with van der Waals surface area (Å²) in [5, 5.41) is 0. The second-order valence-corrected chi connectivity index (χ2v) is 16.7. The van der Waals surface area contributed by atoms with Crippen LogP contribution in [0.5, 0.6) is 0 Å². The zero-order valence-electron chi connectivity index (χ0n) is 33.1. The van der Waals surface area contributed by atoms with Crippen molar-refractivity contribution in [3.05, 3.63) is 234 Å². The average Bonchev–Trinajstić information content (AvgIpc) is 3.52. The SMILES string of the molecule is CC1(C)c2ccccc2-c2ccc(N(c3ccc(-c4ccccc4)cc3)c3ccc(-c4cccc(-c5ccccc5)c4-c4ccccc4-c4ccccc4Br)cc3)cc21. The van der Waals surface area contributed by atoms with Gasteiger partial charge in [-0.2, -0.15) is 0 Å². The van der Waals surface area contributed by atoms with E-state index in [1.165, 1.54) is 72.3 Å². The molecule has 9 aromatic rings. The second kappa shape index (κ2) is 15.2. The van der Waals surface area contributed by atoms with Gasteiger partial charge in [-0.1, -0.05) is 206 Å². The lowest BCUT2D eigenvalue weighted by Crippen LogP contribution is -2.16. The van der Waals surface area contributed by atoms with Crippen LogP contribution in [0.3, 0.4) is 0 Å². The first-order valence-electron chi connectivity index (χ1n) is 20.3. The Labute approximate surface area is 356 Å². The third kappa shape index (κ3) is 6.60. The summed E-state index contributed by atoms with van der Waals surface area (Å²) in [6.45, 7) is 4.70. The van der Waals surface area contributed by atoms with Gasteiger partial charge in [0.15, 0.2) is 0 Å². The van der Waals surface area contributed by atoms with E-state index in [-0.39, 0.29) is 5.41 Å². The molecule has 10 rings (SSSR count). The van der Waals surface area contributed by atoms with Crippen molar-refractivity contribution in [2.75, 3.05) is 4.90 Å². The molecule has 0 saturated heterocycles. The summed E-state index contributed by atoms with van der Waals surface area (Å²) in [7, 11) is 0. The molecule has 0 amide bonds. The van der Waals surface area contributed by atoms with Crippen molar-refractivity contribution in [1.29, 1.82) is 0 Å². The van der Waals surface area contributed by atoms with Gasteiger partial charge < -0.3 is 4.90 Å². The maximum Gasteiger partial charge on any atom is 0.0465 e. The molecule has 1 nitrogen and oxygen atoms in total. The van der Waals surface area contributed by atoms with E-state index < -0.39 is 0 Å². The van der Waals surface area contributed by atoms with Crippen molar-refractivity contribution < 1.29 is 0 Å². The molecule has 0 N–H and O–H groups in total. The summed E-state index contributed by atoms with van der Waals surface area (Å²) in [5.41, 5.74) is 20.5. The molecule has 59 heavy (non-hydrogen) atoms. The molecule has 1 aliphatic carbocycles. The fraction of sp³-hybridized carbons (Fsp3) is 0.0526. The van der Waals surface area contributed by atoms with Crippen LogP contribution >= 0.6 is 15.9 Å². The molecule has 0 radical (unpaired) electrons. The molecule has 2 heteroatoms. The third-order valence-corrected chi connectivity index (χ3v) is 12.7. The summed E-state index contributed by atoms with van der Waals surface area (Å²) in [5.74, 6) is 0. The van der Waals surface area contributed by atoms with E-state index in [0.29, 0.717) is 0 Å². The molecule has 0 bridgehead atoms. The van der Waals surface area contributed by atoms with Gasteiger partial charge in [-0.15, -0.1) is 0 Å². The zero-order valence-corrected chi connectivity index (χ0v) is 34.7. The van der Waals surface area contributed by atoms with Crippen LogP contribution in [0, 0.1) is 0 Å². The van der Waals surface area contributed by atoms with E-state index in [9.17, 15) is 0 Å². The Hall–Kier alpha value is -6.74. The Kier molecular flexibility index (Phi) is 9.43. The largest absolute Gasteiger partial charge is 0.310 e. The quantitative estimate of drug-likeness (QED) is 0.148. The highest BCUT2D eigenvalue weighted by molar-refractivity contribution is 9.10. The van der Waals surface area contributed by atoms with Gasteiger partial charge in [0.1, 0.15) is 0 Å². The van der Waals surface area contributed by atoms with Crippen molar-refractivity contribution in [1.82, 2.24) is 0 Å². The minimum Gasteiger partial charge on any atom is -0.310 e. The van der Waals surface area contributed by atoms with Gasteiger partial charge in [0.2, 0.25) is 0 Å². The normalized spacial score (nSPS) is 12.5. The Morgan fingerprint density at radius 3 is 1.41 bits per heavy atom. The third-order valence-electron chi connectivity index (χ3n) is 12.0. The van der Waals surface area contributed by atoms with Crippen molar-refractivity contribution in [3.63, 3.8) is 0 Å². The first kappa shape index (κ1) is 36.6. The predicted octanol–water partition coefficient (Wildman–Crippen LogP) is 16.6. The van der Waals surface area contributed by atoms with E-state index in [0.717, 1.165) is 27.1 Å². The Bertz CT molecular complexity index is 2950. The molecule has 0 aliphatic heterocycles. The summed E-state index contributed by atoms with van der Waals surface area (Å²) < 4.78 is 1.08. The maximum atomic E-state index is 3.87. The first-order valence-corrected chi connectivity index (χ1v) is 21.1. The average molecular weight is 821 g/mol. The molecule has 0 fully saturated rings. The summed E-state index contributed by atoms with van der Waals surface area (Å²) in [6, 6.07) is 79.4. The van der Waals surface area contributed by atoms with Gasteiger partial charge in [0, 0.05) is 26.9 Å². The lowest BCUT2D eigenvalue weighted by Gasteiger charge is -2.28. The number of halogens is 1. The van der Waals surface area contributed by atoms with E-state index in [4.69, 9.17) is 0 Å². The standard InChI is InChI=1S/C57H42BrN/c1-57(2)53-26-13-11-21-49(53)50-37-36-45(38-54(50)57)59(43-32-28-40(29-33-43)39-16-5-3-6-17-39)44-34-30-42(31-35-44)47-25-15-24-46(41-18-7-4-8-19-41)56(47)52-23-10-9-20-48(52)51-22-12-14-27-55(51)58/h3-38H,1-2H3. The van der Waals surface area contributed by atoms with Gasteiger partial charge >= 0.3 is 0 Å². The highest BCUT2D eigenvalue weighted by Gasteiger charge is 2.35. The van der Waals surface area contributed by atoms with E-state index in [1.54, 1.807) is 0 Å². The van der Waals surface area contributed by atoms with Crippen LogP contribution in [-0.2, 0) is 5.41 Å². The van der Waals surface area contributed by atoms with Gasteiger partial charge in [-0.3, -0.25) is 0 Å².